The summed E-state index contributed by atoms with van der Waals surface area (Å²) >= 11 is 0. The van der Waals surface area contributed by atoms with Gasteiger partial charge in [0.15, 0.2) is 4.90 Å². The first-order valence-corrected chi connectivity index (χ1v) is 9.92. The van der Waals surface area contributed by atoms with Crippen LogP contribution in [-0.4, -0.2) is 18.3 Å². The largest absolute Gasteiger partial charge is 0.416 e. The highest BCUT2D eigenvalue weighted by Gasteiger charge is 2.41. The van der Waals surface area contributed by atoms with Crippen molar-refractivity contribution in [2.75, 3.05) is 0 Å². The van der Waals surface area contributed by atoms with E-state index < -0.39 is 48.8 Å². The number of nitrogens with one attached hydrogen (secondary N) is 1. The van der Waals surface area contributed by atoms with Crippen molar-refractivity contribution in [2.45, 2.75) is 30.3 Å². The number of nitrogens with zero attached hydrogens (tertiary/aromatic N) is 1. The third-order valence-corrected chi connectivity index (χ3v) is 5.61. The van der Waals surface area contributed by atoms with Crippen LogP contribution < -0.4 is 5.14 Å². The normalized spacial score (nSPS) is 13.6. The van der Waals surface area contributed by atoms with E-state index in [1.807, 2.05) is 0 Å². The highest BCUT2D eigenvalue weighted by atomic mass is 32.2. The number of aromatic nitrogens is 1. The lowest BCUT2D eigenvalue weighted by molar-refractivity contribution is -0.389. The first-order valence-electron chi connectivity index (χ1n) is 8.37. The van der Waals surface area contributed by atoms with Gasteiger partial charge in [0.2, 0.25) is 10.0 Å². The van der Waals surface area contributed by atoms with Crippen molar-refractivity contribution in [1.29, 1.82) is 0 Å². The zero-order chi connectivity index (χ0) is 21.6. The lowest BCUT2D eigenvalue weighted by Crippen LogP contribution is -2.20. The van der Waals surface area contributed by atoms with E-state index in [9.17, 15) is 31.7 Å². The number of para-hydroxylation sites is 1. The number of halogens is 3. The standard InChI is InChI=1S/C18H16F3N3O4S/c1-10(8-11-9-23-14-5-3-2-4-12(11)14)16-13(18(19,20)21)6-7-15(29(22,27)28)17(16)24(25)26/h2-7,9-10,23H,8H2,1H3,(H2,22,27,28). The van der Waals surface area contributed by atoms with Crippen molar-refractivity contribution >= 4 is 26.6 Å². The quantitative estimate of drug-likeness (QED) is 0.471. The van der Waals surface area contributed by atoms with Crippen LogP contribution in [0, 0.1) is 10.1 Å². The molecule has 11 heteroatoms. The molecule has 1 heterocycles. The Balaban J connectivity index is 2.23. The van der Waals surface area contributed by atoms with Crippen LogP contribution in [0.5, 0.6) is 0 Å². The van der Waals surface area contributed by atoms with Crippen LogP contribution >= 0.6 is 0 Å². The van der Waals surface area contributed by atoms with Gasteiger partial charge in [0.25, 0.3) is 5.69 Å². The molecule has 0 amide bonds. The lowest BCUT2D eigenvalue weighted by Gasteiger charge is -2.19. The monoisotopic (exact) mass is 427 g/mol. The number of aromatic amines is 1. The fraction of sp³-hybridized carbons (Fsp3) is 0.222. The van der Waals surface area contributed by atoms with E-state index in [2.05, 4.69) is 4.98 Å². The Labute approximate surface area is 163 Å². The van der Waals surface area contributed by atoms with Gasteiger partial charge in [-0.1, -0.05) is 25.1 Å². The summed E-state index contributed by atoms with van der Waals surface area (Å²) < 4.78 is 64.4. The molecule has 1 unspecified atom stereocenters. The zero-order valence-electron chi connectivity index (χ0n) is 15.0. The summed E-state index contributed by atoms with van der Waals surface area (Å²) in [5.41, 5.74) is -1.70. The van der Waals surface area contributed by atoms with Crippen LogP contribution in [-0.2, 0) is 22.6 Å². The van der Waals surface area contributed by atoms with E-state index in [1.165, 1.54) is 6.92 Å². The predicted molar refractivity (Wildman–Crippen MR) is 99.9 cm³/mol. The number of alkyl halides is 3. The van der Waals surface area contributed by atoms with E-state index in [1.54, 1.807) is 30.5 Å². The van der Waals surface area contributed by atoms with Gasteiger partial charge in [-0.2, -0.15) is 13.2 Å². The molecule has 0 spiro atoms. The molecule has 3 rings (SSSR count). The molecular formula is C18H16F3N3O4S. The Kier molecular flexibility index (Phi) is 5.13. The van der Waals surface area contributed by atoms with E-state index in [0.717, 1.165) is 10.9 Å². The molecule has 0 saturated heterocycles. The smallest absolute Gasteiger partial charge is 0.361 e. The molecule has 0 aliphatic carbocycles. The number of hydrogen-bond acceptors (Lipinski definition) is 4. The Bertz CT molecular complexity index is 1200. The van der Waals surface area contributed by atoms with Crippen LogP contribution in [0.15, 0.2) is 47.5 Å². The van der Waals surface area contributed by atoms with Gasteiger partial charge < -0.3 is 4.98 Å². The van der Waals surface area contributed by atoms with Gasteiger partial charge in [-0.25, -0.2) is 13.6 Å². The molecule has 0 aliphatic rings. The molecule has 3 N–H and O–H groups in total. The third kappa shape index (κ3) is 3.96. The van der Waals surface area contributed by atoms with Crippen LogP contribution in [0.1, 0.15) is 29.5 Å². The van der Waals surface area contributed by atoms with Gasteiger partial charge in [-0.15, -0.1) is 0 Å². The summed E-state index contributed by atoms with van der Waals surface area (Å²) in [5, 5.41) is 17.4. The number of sulfonamides is 1. The molecule has 0 bridgehead atoms. The lowest BCUT2D eigenvalue weighted by atomic mass is 9.88. The number of nitro benzene ring substituents is 1. The van der Waals surface area contributed by atoms with Crippen molar-refractivity contribution in [3.63, 3.8) is 0 Å². The minimum Gasteiger partial charge on any atom is -0.361 e. The third-order valence-electron chi connectivity index (χ3n) is 4.67. The summed E-state index contributed by atoms with van der Waals surface area (Å²) in [7, 11) is -4.61. The van der Waals surface area contributed by atoms with Gasteiger partial charge in [-0.3, -0.25) is 10.1 Å². The topological polar surface area (TPSA) is 119 Å². The molecule has 0 saturated carbocycles. The molecular weight excluding hydrogens is 411 g/mol. The van der Waals surface area contributed by atoms with Crippen LogP contribution in [0.4, 0.5) is 18.9 Å². The number of primary sulfonamides is 1. The summed E-state index contributed by atoms with van der Waals surface area (Å²) in [4.78, 5) is 12.5. The van der Waals surface area contributed by atoms with Crippen molar-refractivity contribution in [2.24, 2.45) is 5.14 Å². The van der Waals surface area contributed by atoms with Gasteiger partial charge in [0, 0.05) is 22.7 Å². The maximum absolute atomic E-state index is 13.6. The minimum atomic E-state index is -4.91. The highest BCUT2D eigenvalue weighted by Crippen LogP contribution is 2.43. The average Bonchev–Trinajstić information content (AvgIpc) is 3.02. The number of fused-ring (bicyclic) bond motifs is 1. The Morgan fingerprint density at radius 2 is 1.86 bits per heavy atom. The minimum absolute atomic E-state index is 0.0159. The molecule has 7 nitrogen and oxygen atoms in total. The molecule has 0 aliphatic heterocycles. The second kappa shape index (κ2) is 7.16. The zero-order valence-corrected chi connectivity index (χ0v) is 15.8. The molecule has 0 radical (unpaired) electrons. The SMILES string of the molecule is CC(Cc1c[nH]c2ccccc12)c1c(C(F)(F)F)ccc(S(N)(=O)=O)c1[N+](=O)[O-]. The van der Waals surface area contributed by atoms with Crippen molar-refractivity contribution in [3.8, 4) is 0 Å². The van der Waals surface area contributed by atoms with E-state index in [0.29, 0.717) is 17.7 Å². The number of nitro groups is 1. The molecule has 29 heavy (non-hydrogen) atoms. The summed E-state index contributed by atoms with van der Waals surface area (Å²) in [6.45, 7) is 1.38. The molecule has 3 aromatic rings. The van der Waals surface area contributed by atoms with Gasteiger partial charge in [0.1, 0.15) is 0 Å². The number of nitrogens with two attached hydrogens (primary N) is 1. The van der Waals surface area contributed by atoms with Gasteiger partial charge in [0.05, 0.1) is 10.5 Å². The summed E-state index contributed by atoms with van der Waals surface area (Å²) in [6.07, 6.45) is -3.28. The van der Waals surface area contributed by atoms with Crippen LogP contribution in [0.3, 0.4) is 0 Å². The molecule has 0 fully saturated rings. The number of benzene rings is 2. The Morgan fingerprint density at radius 1 is 1.21 bits per heavy atom. The van der Waals surface area contributed by atoms with Gasteiger partial charge >= 0.3 is 6.18 Å². The number of H-pyrrole nitrogens is 1. The first kappa shape index (κ1) is 20.8. The second-order valence-corrected chi connectivity index (χ2v) is 8.17. The Hall–Kier alpha value is -2.92. The Morgan fingerprint density at radius 3 is 2.45 bits per heavy atom. The molecule has 1 aromatic heterocycles. The predicted octanol–water partition coefficient (Wildman–Crippen LogP) is 4.09. The van der Waals surface area contributed by atoms with Crippen molar-refractivity contribution in [1.82, 2.24) is 4.98 Å². The van der Waals surface area contributed by atoms with Crippen molar-refractivity contribution < 1.29 is 26.5 Å². The molecule has 1 atom stereocenters. The molecule has 2 aromatic carbocycles. The fourth-order valence-corrected chi connectivity index (χ4v) is 4.20. The summed E-state index contributed by atoms with van der Waals surface area (Å²) in [6, 6.07) is 8.15. The van der Waals surface area contributed by atoms with Crippen LogP contribution in [0.25, 0.3) is 10.9 Å². The maximum Gasteiger partial charge on any atom is 0.416 e. The second-order valence-electron chi connectivity index (χ2n) is 6.64. The number of rotatable bonds is 5. The highest BCUT2D eigenvalue weighted by molar-refractivity contribution is 7.89. The molecule has 154 valence electrons. The van der Waals surface area contributed by atoms with Gasteiger partial charge in [-0.05, 0) is 36.1 Å². The van der Waals surface area contributed by atoms with E-state index >= 15 is 0 Å². The van der Waals surface area contributed by atoms with Crippen molar-refractivity contribution in [3.05, 3.63) is 69.4 Å². The summed E-state index contributed by atoms with van der Waals surface area (Å²) in [5.74, 6) is -1.02. The van der Waals surface area contributed by atoms with E-state index in [-0.39, 0.29) is 6.42 Å². The average molecular weight is 427 g/mol. The first-order chi connectivity index (χ1) is 13.4. The maximum atomic E-state index is 13.6. The van der Waals surface area contributed by atoms with Crippen LogP contribution in [0.2, 0.25) is 0 Å². The fourth-order valence-electron chi connectivity index (χ4n) is 3.48. The number of hydrogen-bond donors (Lipinski definition) is 2. The van der Waals surface area contributed by atoms with E-state index in [4.69, 9.17) is 5.14 Å².